The zero-order valence-corrected chi connectivity index (χ0v) is 15.0. The van der Waals surface area contributed by atoms with Crippen molar-refractivity contribution in [2.24, 2.45) is 5.73 Å². The van der Waals surface area contributed by atoms with Gasteiger partial charge in [0.2, 0.25) is 0 Å². The van der Waals surface area contributed by atoms with E-state index in [2.05, 4.69) is 48.0 Å². The summed E-state index contributed by atoms with van der Waals surface area (Å²) in [6.07, 6.45) is 0.867. The molecular weight excluding hydrogens is 302 g/mol. The first-order valence-corrected chi connectivity index (χ1v) is 8.34. The van der Waals surface area contributed by atoms with Gasteiger partial charge < -0.3 is 20.1 Å². The lowest BCUT2D eigenvalue weighted by atomic mass is 10.1. The van der Waals surface area contributed by atoms with Gasteiger partial charge in [-0.1, -0.05) is 17.7 Å². The van der Waals surface area contributed by atoms with E-state index in [1.165, 1.54) is 5.56 Å². The predicted molar refractivity (Wildman–Crippen MR) is 98.4 cm³/mol. The molecule has 1 atom stereocenters. The van der Waals surface area contributed by atoms with E-state index in [-0.39, 0.29) is 6.04 Å². The molecule has 0 radical (unpaired) electrons. The number of hydrogen-bond donors (Lipinski definition) is 1. The van der Waals surface area contributed by atoms with Crippen molar-refractivity contribution >= 4 is 11.5 Å². The van der Waals surface area contributed by atoms with Gasteiger partial charge in [0, 0.05) is 11.7 Å². The Kier molecular flexibility index (Phi) is 6.44. The number of pyridine rings is 1. The van der Waals surface area contributed by atoms with Crippen LogP contribution in [0.25, 0.3) is 0 Å². The molecular formula is C19H27N3O2. The number of rotatable bonds is 8. The first-order valence-electron chi connectivity index (χ1n) is 8.34. The fraction of sp³-hybridized carbons (Fsp3) is 0.421. The molecule has 2 rings (SSSR count). The highest BCUT2D eigenvalue weighted by Crippen LogP contribution is 2.33. The number of nitrogens with zero attached hydrogens (tertiary/aromatic N) is 2. The molecule has 0 aliphatic heterocycles. The molecule has 24 heavy (non-hydrogen) atoms. The minimum absolute atomic E-state index is 0.216. The normalized spacial score (nSPS) is 11.9. The van der Waals surface area contributed by atoms with Crippen LogP contribution in [0.5, 0.6) is 11.6 Å². The molecule has 0 amide bonds. The summed E-state index contributed by atoms with van der Waals surface area (Å²) >= 11 is 0. The van der Waals surface area contributed by atoms with Gasteiger partial charge in [0.25, 0.3) is 5.88 Å². The van der Waals surface area contributed by atoms with Crippen molar-refractivity contribution in [2.75, 3.05) is 25.2 Å². The van der Waals surface area contributed by atoms with E-state index in [0.29, 0.717) is 24.8 Å². The van der Waals surface area contributed by atoms with Gasteiger partial charge in [0.05, 0.1) is 13.7 Å². The summed E-state index contributed by atoms with van der Waals surface area (Å²) in [6, 6.07) is 12.5. The largest absolute Gasteiger partial charge is 0.491 e. The maximum atomic E-state index is 5.78. The third-order valence-corrected chi connectivity index (χ3v) is 3.90. The minimum Gasteiger partial charge on any atom is -0.491 e. The lowest BCUT2D eigenvalue weighted by Crippen LogP contribution is -2.31. The first kappa shape index (κ1) is 18.1. The second-order valence-corrected chi connectivity index (χ2v) is 5.74. The fourth-order valence-corrected chi connectivity index (χ4v) is 2.64. The number of methoxy groups -OCH3 is 1. The molecule has 0 saturated heterocycles. The number of hydrogen-bond acceptors (Lipinski definition) is 5. The molecule has 0 fully saturated rings. The Labute approximate surface area is 144 Å². The SMILES string of the molecule is CCOc1nc(N(c2ccc(C)cc2)C(C)CCN)ccc1OC. The monoisotopic (exact) mass is 329 g/mol. The van der Waals surface area contributed by atoms with Crippen molar-refractivity contribution in [3.63, 3.8) is 0 Å². The topological polar surface area (TPSA) is 60.6 Å². The zero-order valence-electron chi connectivity index (χ0n) is 15.0. The number of benzene rings is 1. The molecule has 5 heteroatoms. The standard InChI is InChI=1S/C19H27N3O2/c1-5-24-19-17(23-4)10-11-18(21-19)22(15(3)12-13-20)16-8-6-14(2)7-9-16/h6-11,15H,5,12-13,20H2,1-4H3. The van der Waals surface area contributed by atoms with Gasteiger partial charge in [-0.25, -0.2) is 0 Å². The number of aryl methyl sites for hydroxylation is 1. The Morgan fingerprint density at radius 1 is 1.17 bits per heavy atom. The van der Waals surface area contributed by atoms with Crippen LogP contribution in [0.2, 0.25) is 0 Å². The van der Waals surface area contributed by atoms with Crippen molar-refractivity contribution in [3.8, 4) is 11.6 Å². The zero-order chi connectivity index (χ0) is 17.5. The molecule has 2 aromatic rings. The molecule has 0 aliphatic rings. The van der Waals surface area contributed by atoms with E-state index >= 15 is 0 Å². The number of nitrogens with two attached hydrogens (primary N) is 1. The van der Waals surface area contributed by atoms with Crippen molar-refractivity contribution in [3.05, 3.63) is 42.0 Å². The molecule has 130 valence electrons. The molecule has 1 aromatic carbocycles. The summed E-state index contributed by atoms with van der Waals surface area (Å²) in [5.41, 5.74) is 8.09. The predicted octanol–water partition coefficient (Wildman–Crippen LogP) is 3.67. The Hall–Kier alpha value is -2.27. The van der Waals surface area contributed by atoms with Crippen molar-refractivity contribution in [2.45, 2.75) is 33.2 Å². The van der Waals surface area contributed by atoms with Crippen molar-refractivity contribution in [1.29, 1.82) is 0 Å². The van der Waals surface area contributed by atoms with Crippen LogP contribution in [0.15, 0.2) is 36.4 Å². The highest BCUT2D eigenvalue weighted by atomic mass is 16.5. The molecule has 1 aromatic heterocycles. The Bertz CT molecular complexity index is 644. The molecule has 0 bridgehead atoms. The number of anilines is 2. The Balaban J connectivity index is 2.46. The summed E-state index contributed by atoms with van der Waals surface area (Å²) in [5, 5.41) is 0. The highest BCUT2D eigenvalue weighted by molar-refractivity contribution is 5.62. The molecule has 0 aliphatic carbocycles. The van der Waals surface area contributed by atoms with Crippen molar-refractivity contribution < 1.29 is 9.47 Å². The van der Waals surface area contributed by atoms with E-state index < -0.39 is 0 Å². The van der Waals surface area contributed by atoms with E-state index in [1.54, 1.807) is 7.11 Å². The van der Waals surface area contributed by atoms with Gasteiger partial charge in [-0.05, 0) is 58.0 Å². The minimum atomic E-state index is 0.216. The van der Waals surface area contributed by atoms with Gasteiger partial charge in [-0.2, -0.15) is 4.98 Å². The average Bonchev–Trinajstić information content (AvgIpc) is 2.58. The second-order valence-electron chi connectivity index (χ2n) is 5.74. The van der Waals surface area contributed by atoms with Gasteiger partial charge in [-0.15, -0.1) is 0 Å². The summed E-state index contributed by atoms with van der Waals surface area (Å²) < 4.78 is 11.0. The summed E-state index contributed by atoms with van der Waals surface area (Å²) in [5.74, 6) is 1.97. The molecule has 5 nitrogen and oxygen atoms in total. The average molecular weight is 329 g/mol. The molecule has 0 saturated carbocycles. The Morgan fingerprint density at radius 2 is 1.88 bits per heavy atom. The fourth-order valence-electron chi connectivity index (χ4n) is 2.64. The van der Waals surface area contributed by atoms with Crippen molar-refractivity contribution in [1.82, 2.24) is 4.98 Å². The summed E-state index contributed by atoms with van der Waals surface area (Å²) in [6.45, 7) is 7.32. The van der Waals surface area contributed by atoms with E-state index in [1.807, 2.05) is 19.1 Å². The third-order valence-electron chi connectivity index (χ3n) is 3.90. The van der Waals surface area contributed by atoms with Gasteiger partial charge in [0.15, 0.2) is 5.75 Å². The van der Waals surface area contributed by atoms with Gasteiger partial charge >= 0.3 is 0 Å². The van der Waals surface area contributed by atoms with Crippen LogP contribution in [0, 0.1) is 6.92 Å². The van der Waals surface area contributed by atoms with Crippen LogP contribution in [-0.4, -0.2) is 31.3 Å². The second kappa shape index (κ2) is 8.55. The van der Waals surface area contributed by atoms with Crippen LogP contribution >= 0.6 is 0 Å². The van der Waals surface area contributed by atoms with E-state index in [9.17, 15) is 0 Å². The lowest BCUT2D eigenvalue weighted by Gasteiger charge is -2.31. The van der Waals surface area contributed by atoms with Crippen LogP contribution in [0.4, 0.5) is 11.5 Å². The summed E-state index contributed by atoms with van der Waals surface area (Å²) in [4.78, 5) is 6.86. The van der Waals surface area contributed by atoms with Crippen LogP contribution in [0.3, 0.4) is 0 Å². The van der Waals surface area contributed by atoms with Crippen LogP contribution in [0.1, 0.15) is 25.8 Å². The maximum Gasteiger partial charge on any atom is 0.258 e. The quantitative estimate of drug-likeness (QED) is 0.800. The highest BCUT2D eigenvalue weighted by Gasteiger charge is 2.19. The molecule has 1 unspecified atom stereocenters. The van der Waals surface area contributed by atoms with Crippen LogP contribution in [-0.2, 0) is 0 Å². The van der Waals surface area contributed by atoms with E-state index in [0.717, 1.165) is 17.9 Å². The number of ether oxygens (including phenoxy) is 2. The first-order chi connectivity index (χ1) is 11.6. The lowest BCUT2D eigenvalue weighted by molar-refractivity contribution is 0.298. The van der Waals surface area contributed by atoms with E-state index in [4.69, 9.17) is 15.2 Å². The molecule has 1 heterocycles. The smallest absolute Gasteiger partial charge is 0.258 e. The molecule has 0 spiro atoms. The maximum absolute atomic E-state index is 5.78. The summed E-state index contributed by atoms with van der Waals surface area (Å²) in [7, 11) is 1.62. The number of aromatic nitrogens is 1. The third kappa shape index (κ3) is 4.17. The van der Waals surface area contributed by atoms with Crippen LogP contribution < -0.4 is 20.1 Å². The molecule has 2 N–H and O–H groups in total. The van der Waals surface area contributed by atoms with Gasteiger partial charge in [0.1, 0.15) is 5.82 Å². The Morgan fingerprint density at radius 3 is 2.46 bits per heavy atom. The van der Waals surface area contributed by atoms with Gasteiger partial charge in [-0.3, -0.25) is 0 Å².